The van der Waals surface area contributed by atoms with Gasteiger partial charge in [-0.15, -0.1) is 0 Å². The molecule has 94 valence electrons. The van der Waals surface area contributed by atoms with Gasteiger partial charge in [-0.2, -0.15) is 0 Å². The van der Waals surface area contributed by atoms with E-state index in [4.69, 9.17) is 16.3 Å². The molecule has 0 saturated carbocycles. The average molecular weight is 263 g/mol. The van der Waals surface area contributed by atoms with E-state index < -0.39 is 0 Å². The summed E-state index contributed by atoms with van der Waals surface area (Å²) in [6.45, 7) is 2.62. The lowest BCUT2D eigenvalue weighted by atomic mass is 10.2. The quantitative estimate of drug-likeness (QED) is 0.913. The van der Waals surface area contributed by atoms with Gasteiger partial charge in [0, 0.05) is 16.8 Å². The lowest BCUT2D eigenvalue weighted by Gasteiger charge is -2.08. The number of benzene rings is 1. The first-order chi connectivity index (χ1) is 8.69. The number of halogens is 1. The fraction of sp³-hybridized carbons (Fsp3) is 0.214. The number of hydrogen-bond acceptors (Lipinski definition) is 3. The number of anilines is 1. The number of nitrogens with zero attached hydrogens (tertiary/aromatic N) is 1. The highest BCUT2D eigenvalue weighted by molar-refractivity contribution is 6.31. The van der Waals surface area contributed by atoms with Crippen LogP contribution in [0.4, 0.5) is 5.69 Å². The van der Waals surface area contributed by atoms with Crippen LogP contribution in [0.15, 0.2) is 36.4 Å². The van der Waals surface area contributed by atoms with E-state index in [2.05, 4.69) is 10.3 Å². The fourth-order valence-electron chi connectivity index (χ4n) is 1.57. The molecular weight excluding hydrogens is 248 g/mol. The molecule has 0 bridgehead atoms. The van der Waals surface area contributed by atoms with Gasteiger partial charge >= 0.3 is 0 Å². The molecule has 3 nitrogen and oxygen atoms in total. The van der Waals surface area contributed by atoms with E-state index in [0.717, 1.165) is 22.0 Å². The Morgan fingerprint density at radius 2 is 2.11 bits per heavy atom. The molecule has 0 spiro atoms. The van der Waals surface area contributed by atoms with Crippen LogP contribution in [0.1, 0.15) is 11.3 Å². The van der Waals surface area contributed by atoms with Crippen molar-refractivity contribution in [1.29, 1.82) is 0 Å². The summed E-state index contributed by atoms with van der Waals surface area (Å²) in [6.07, 6.45) is 0. The summed E-state index contributed by atoms with van der Waals surface area (Å²) in [5, 5.41) is 4.04. The maximum atomic E-state index is 6.07. The molecule has 0 unspecified atom stereocenters. The van der Waals surface area contributed by atoms with Crippen molar-refractivity contribution in [1.82, 2.24) is 4.98 Å². The first-order valence-electron chi connectivity index (χ1n) is 5.69. The third-order valence-corrected chi connectivity index (χ3v) is 3.04. The average Bonchev–Trinajstić information content (AvgIpc) is 2.40. The number of aromatic nitrogens is 1. The number of pyridine rings is 1. The monoisotopic (exact) mass is 262 g/mol. The van der Waals surface area contributed by atoms with Crippen LogP contribution in [0, 0.1) is 6.92 Å². The molecule has 0 aliphatic carbocycles. The van der Waals surface area contributed by atoms with Crippen molar-refractivity contribution >= 4 is 17.3 Å². The van der Waals surface area contributed by atoms with Crippen LogP contribution in [0.5, 0.6) is 5.88 Å². The van der Waals surface area contributed by atoms with E-state index in [1.54, 1.807) is 7.11 Å². The second kappa shape index (κ2) is 5.74. The molecule has 2 rings (SSSR count). The van der Waals surface area contributed by atoms with Crippen LogP contribution in [0.2, 0.25) is 5.02 Å². The normalized spacial score (nSPS) is 10.2. The summed E-state index contributed by atoms with van der Waals surface area (Å²) in [5.41, 5.74) is 2.97. The van der Waals surface area contributed by atoms with Crippen molar-refractivity contribution in [3.63, 3.8) is 0 Å². The number of hydrogen-bond donors (Lipinski definition) is 1. The fourth-order valence-corrected chi connectivity index (χ4v) is 1.75. The molecule has 0 fully saturated rings. The Morgan fingerprint density at radius 3 is 2.83 bits per heavy atom. The summed E-state index contributed by atoms with van der Waals surface area (Å²) >= 11 is 6.07. The molecule has 2 aromatic rings. The third-order valence-electron chi connectivity index (χ3n) is 2.64. The first-order valence-corrected chi connectivity index (χ1v) is 6.07. The minimum atomic E-state index is 0.622. The van der Waals surface area contributed by atoms with E-state index in [1.807, 2.05) is 43.3 Å². The number of ether oxygens (including phenoxy) is 1. The lowest BCUT2D eigenvalue weighted by Crippen LogP contribution is -2.02. The zero-order valence-electron chi connectivity index (χ0n) is 10.4. The molecule has 4 heteroatoms. The highest BCUT2D eigenvalue weighted by Crippen LogP contribution is 2.20. The predicted octanol–water partition coefficient (Wildman–Crippen LogP) is 3.66. The van der Waals surface area contributed by atoms with E-state index in [9.17, 15) is 0 Å². The Labute approximate surface area is 112 Å². The van der Waals surface area contributed by atoms with Gasteiger partial charge in [0.15, 0.2) is 0 Å². The van der Waals surface area contributed by atoms with Crippen molar-refractivity contribution in [2.75, 3.05) is 12.4 Å². The largest absolute Gasteiger partial charge is 0.481 e. The second-order valence-corrected chi connectivity index (χ2v) is 4.40. The van der Waals surface area contributed by atoms with E-state index in [1.165, 1.54) is 0 Å². The van der Waals surface area contributed by atoms with Crippen molar-refractivity contribution in [3.8, 4) is 5.88 Å². The highest BCUT2D eigenvalue weighted by Gasteiger charge is 2.00. The molecule has 0 saturated heterocycles. The Balaban J connectivity index is 2.04. The standard InChI is InChI=1S/C14H15ClN2O/c1-10-6-7-11(8-13(10)15)16-9-12-4-3-5-14(17-12)18-2/h3-8,16H,9H2,1-2H3. The van der Waals surface area contributed by atoms with Crippen LogP contribution in [0.25, 0.3) is 0 Å². The van der Waals surface area contributed by atoms with E-state index >= 15 is 0 Å². The maximum absolute atomic E-state index is 6.07. The maximum Gasteiger partial charge on any atom is 0.213 e. The zero-order chi connectivity index (χ0) is 13.0. The van der Waals surface area contributed by atoms with Crippen LogP contribution in [0.3, 0.4) is 0 Å². The number of aryl methyl sites for hydroxylation is 1. The Kier molecular flexibility index (Phi) is 4.05. The van der Waals surface area contributed by atoms with Gasteiger partial charge in [0.25, 0.3) is 0 Å². The van der Waals surface area contributed by atoms with Crippen LogP contribution in [-0.4, -0.2) is 12.1 Å². The SMILES string of the molecule is COc1cccc(CNc2ccc(C)c(Cl)c2)n1. The molecule has 0 atom stereocenters. The summed E-state index contributed by atoms with van der Waals surface area (Å²) in [6, 6.07) is 11.6. The van der Waals surface area contributed by atoms with Crippen molar-refractivity contribution < 1.29 is 4.74 Å². The smallest absolute Gasteiger partial charge is 0.213 e. The molecule has 18 heavy (non-hydrogen) atoms. The Morgan fingerprint density at radius 1 is 1.28 bits per heavy atom. The number of nitrogens with one attached hydrogen (secondary N) is 1. The second-order valence-electron chi connectivity index (χ2n) is 3.99. The molecule has 0 amide bonds. The summed E-state index contributed by atoms with van der Waals surface area (Å²) in [4.78, 5) is 4.33. The van der Waals surface area contributed by atoms with Crippen LogP contribution in [-0.2, 0) is 6.54 Å². The molecular formula is C14H15ClN2O. The predicted molar refractivity (Wildman–Crippen MR) is 74.3 cm³/mol. The van der Waals surface area contributed by atoms with Crippen LogP contribution >= 0.6 is 11.6 Å². The molecule has 0 aliphatic rings. The number of rotatable bonds is 4. The minimum absolute atomic E-state index is 0.622. The van der Waals surface area contributed by atoms with Gasteiger partial charge in [0.05, 0.1) is 19.3 Å². The van der Waals surface area contributed by atoms with Gasteiger partial charge in [0.1, 0.15) is 0 Å². The molecule has 1 aromatic heterocycles. The first kappa shape index (κ1) is 12.7. The summed E-state index contributed by atoms with van der Waals surface area (Å²) < 4.78 is 5.08. The van der Waals surface area contributed by atoms with Gasteiger partial charge in [0.2, 0.25) is 5.88 Å². The van der Waals surface area contributed by atoms with Gasteiger partial charge in [-0.3, -0.25) is 0 Å². The summed E-state index contributed by atoms with van der Waals surface area (Å²) in [7, 11) is 1.61. The Hall–Kier alpha value is -1.74. The van der Waals surface area contributed by atoms with Gasteiger partial charge in [-0.25, -0.2) is 4.98 Å². The minimum Gasteiger partial charge on any atom is -0.481 e. The van der Waals surface area contributed by atoms with Crippen molar-refractivity contribution in [3.05, 3.63) is 52.7 Å². The molecule has 1 aromatic carbocycles. The molecule has 1 N–H and O–H groups in total. The van der Waals surface area contributed by atoms with E-state index in [-0.39, 0.29) is 0 Å². The van der Waals surface area contributed by atoms with Gasteiger partial charge < -0.3 is 10.1 Å². The zero-order valence-corrected chi connectivity index (χ0v) is 11.2. The topological polar surface area (TPSA) is 34.1 Å². The van der Waals surface area contributed by atoms with Crippen LogP contribution < -0.4 is 10.1 Å². The third kappa shape index (κ3) is 3.14. The van der Waals surface area contributed by atoms with Gasteiger partial charge in [-0.1, -0.05) is 23.7 Å². The summed E-state index contributed by atoms with van der Waals surface area (Å²) in [5.74, 6) is 0.622. The molecule has 1 heterocycles. The molecule has 0 radical (unpaired) electrons. The number of methoxy groups -OCH3 is 1. The van der Waals surface area contributed by atoms with Crippen molar-refractivity contribution in [2.24, 2.45) is 0 Å². The van der Waals surface area contributed by atoms with E-state index in [0.29, 0.717) is 12.4 Å². The lowest BCUT2D eigenvalue weighted by molar-refractivity contribution is 0.396. The highest BCUT2D eigenvalue weighted by atomic mass is 35.5. The Bertz CT molecular complexity index is 543. The van der Waals surface area contributed by atoms with Crippen molar-refractivity contribution in [2.45, 2.75) is 13.5 Å². The van der Waals surface area contributed by atoms with Gasteiger partial charge in [-0.05, 0) is 30.7 Å². The molecule has 0 aliphatic heterocycles.